The summed E-state index contributed by atoms with van der Waals surface area (Å²) in [4.78, 5) is 25.6. The minimum atomic E-state index is -0.366. The van der Waals surface area contributed by atoms with Crippen molar-refractivity contribution >= 4 is 22.5 Å². The third-order valence-electron chi connectivity index (χ3n) is 5.30. The molecular weight excluding hydrogens is 323 g/mol. The van der Waals surface area contributed by atoms with Crippen LogP contribution in [-0.4, -0.2) is 58.2 Å². The minimum absolute atomic E-state index is 0.182. The fraction of sp³-hybridized carbons (Fsp3) is 0.588. The Kier molecular flexibility index (Phi) is 3.68. The smallest absolute Gasteiger partial charge is 0.350 e. The zero-order chi connectivity index (χ0) is 17.9. The first-order chi connectivity index (χ1) is 11.9. The SMILES string of the molecule is Cc1nc2c3c(nc(=O)n2C)N2C(C)CN(C)CC2CCNc3c1F. The molecule has 1 saturated heterocycles. The van der Waals surface area contributed by atoms with Gasteiger partial charge in [-0.25, -0.2) is 14.2 Å². The maximum Gasteiger partial charge on any atom is 0.350 e. The van der Waals surface area contributed by atoms with E-state index in [9.17, 15) is 9.18 Å². The number of halogens is 1. The molecule has 0 bridgehead atoms. The van der Waals surface area contributed by atoms with Gasteiger partial charge in [0.05, 0.1) is 16.8 Å². The fourth-order valence-corrected chi connectivity index (χ4v) is 4.18. The van der Waals surface area contributed by atoms with Gasteiger partial charge in [0, 0.05) is 38.8 Å². The Bertz CT molecular complexity index is 910. The molecule has 2 unspecified atom stereocenters. The number of hydrogen-bond acceptors (Lipinski definition) is 6. The monoisotopic (exact) mass is 346 g/mol. The van der Waals surface area contributed by atoms with Gasteiger partial charge in [0.25, 0.3) is 0 Å². The summed E-state index contributed by atoms with van der Waals surface area (Å²) in [5.41, 5.74) is 0.802. The van der Waals surface area contributed by atoms with E-state index in [-0.39, 0.29) is 29.3 Å². The van der Waals surface area contributed by atoms with Crippen LogP contribution in [0.25, 0.3) is 11.0 Å². The molecule has 134 valence electrons. The molecule has 2 aliphatic rings. The number of aromatic nitrogens is 3. The van der Waals surface area contributed by atoms with Crippen LogP contribution in [0.3, 0.4) is 0 Å². The van der Waals surface area contributed by atoms with Crippen LogP contribution in [0, 0.1) is 12.7 Å². The molecule has 7 nitrogen and oxygen atoms in total. The van der Waals surface area contributed by atoms with Gasteiger partial charge in [0.15, 0.2) is 5.82 Å². The maximum atomic E-state index is 14.8. The van der Waals surface area contributed by atoms with Crippen LogP contribution in [0.15, 0.2) is 4.79 Å². The second-order valence-corrected chi connectivity index (χ2v) is 7.21. The summed E-state index contributed by atoms with van der Waals surface area (Å²) < 4.78 is 16.2. The van der Waals surface area contributed by atoms with Gasteiger partial charge in [-0.15, -0.1) is 0 Å². The molecule has 0 aromatic carbocycles. The Morgan fingerprint density at radius 2 is 2.00 bits per heavy atom. The van der Waals surface area contributed by atoms with Crippen LogP contribution in [-0.2, 0) is 7.05 Å². The van der Waals surface area contributed by atoms with Gasteiger partial charge in [0.2, 0.25) is 0 Å². The number of anilines is 2. The Morgan fingerprint density at radius 3 is 2.76 bits per heavy atom. The first kappa shape index (κ1) is 16.3. The van der Waals surface area contributed by atoms with E-state index in [1.807, 2.05) is 0 Å². The second-order valence-electron chi connectivity index (χ2n) is 7.21. The molecule has 1 fully saturated rings. The van der Waals surface area contributed by atoms with Crippen LogP contribution in [0.1, 0.15) is 19.0 Å². The summed E-state index contributed by atoms with van der Waals surface area (Å²) in [6.45, 7) is 6.18. The van der Waals surface area contributed by atoms with Crippen molar-refractivity contribution in [2.45, 2.75) is 32.4 Å². The van der Waals surface area contributed by atoms with Gasteiger partial charge in [-0.2, -0.15) is 4.98 Å². The van der Waals surface area contributed by atoms with Gasteiger partial charge in [-0.1, -0.05) is 0 Å². The molecule has 2 aliphatic heterocycles. The largest absolute Gasteiger partial charge is 0.382 e. The lowest BCUT2D eigenvalue weighted by molar-refractivity contribution is 0.227. The molecular formula is C17H23FN6O. The van der Waals surface area contributed by atoms with Gasteiger partial charge >= 0.3 is 5.69 Å². The zero-order valence-corrected chi connectivity index (χ0v) is 15.0. The molecule has 2 atom stereocenters. The highest BCUT2D eigenvalue weighted by Crippen LogP contribution is 2.37. The molecule has 2 aromatic rings. The van der Waals surface area contributed by atoms with E-state index in [0.717, 1.165) is 19.5 Å². The van der Waals surface area contributed by atoms with E-state index >= 15 is 0 Å². The van der Waals surface area contributed by atoms with Crippen molar-refractivity contribution in [1.29, 1.82) is 0 Å². The van der Waals surface area contributed by atoms with E-state index < -0.39 is 0 Å². The second kappa shape index (κ2) is 5.66. The molecule has 1 N–H and O–H groups in total. The van der Waals surface area contributed by atoms with E-state index in [1.54, 1.807) is 14.0 Å². The summed E-state index contributed by atoms with van der Waals surface area (Å²) in [6.07, 6.45) is 0.854. The molecule has 0 radical (unpaired) electrons. The van der Waals surface area contributed by atoms with E-state index in [2.05, 4.69) is 39.1 Å². The summed E-state index contributed by atoms with van der Waals surface area (Å²) in [7, 11) is 3.73. The highest BCUT2D eigenvalue weighted by Gasteiger charge is 2.35. The van der Waals surface area contributed by atoms with Crippen molar-refractivity contribution in [2.24, 2.45) is 7.05 Å². The first-order valence-electron chi connectivity index (χ1n) is 8.66. The Morgan fingerprint density at radius 1 is 1.24 bits per heavy atom. The number of piperazine rings is 1. The van der Waals surface area contributed by atoms with Crippen LogP contribution >= 0.6 is 0 Å². The average Bonchev–Trinajstić information content (AvgIpc) is 2.53. The van der Waals surface area contributed by atoms with E-state index in [0.29, 0.717) is 29.1 Å². The third kappa shape index (κ3) is 2.38. The van der Waals surface area contributed by atoms with Gasteiger partial charge in [-0.05, 0) is 27.3 Å². The summed E-state index contributed by atoms with van der Waals surface area (Å²) in [5, 5.41) is 3.84. The van der Waals surface area contributed by atoms with E-state index in [4.69, 9.17) is 0 Å². The van der Waals surface area contributed by atoms with Crippen molar-refractivity contribution < 1.29 is 4.39 Å². The molecule has 2 aromatic heterocycles. The lowest BCUT2D eigenvalue weighted by atomic mass is 10.0. The van der Waals surface area contributed by atoms with Crippen LogP contribution in [0.2, 0.25) is 0 Å². The minimum Gasteiger partial charge on any atom is -0.382 e. The molecule has 4 heterocycles. The number of pyridine rings is 1. The molecule has 8 heteroatoms. The quantitative estimate of drug-likeness (QED) is 0.771. The average molecular weight is 346 g/mol. The van der Waals surface area contributed by atoms with Crippen molar-refractivity contribution in [2.75, 3.05) is 36.9 Å². The Balaban J connectivity index is 2.08. The normalized spacial score (nSPS) is 23.8. The fourth-order valence-electron chi connectivity index (χ4n) is 4.18. The van der Waals surface area contributed by atoms with Crippen LogP contribution < -0.4 is 15.9 Å². The van der Waals surface area contributed by atoms with Gasteiger partial charge in [-0.3, -0.25) is 4.57 Å². The van der Waals surface area contributed by atoms with Crippen molar-refractivity contribution in [1.82, 2.24) is 19.4 Å². The highest BCUT2D eigenvalue weighted by molar-refractivity contribution is 5.99. The summed E-state index contributed by atoms with van der Waals surface area (Å²) in [5.74, 6) is 0.187. The zero-order valence-electron chi connectivity index (χ0n) is 15.0. The number of hydrogen-bond donors (Lipinski definition) is 1. The van der Waals surface area contributed by atoms with Crippen LogP contribution in [0.4, 0.5) is 15.9 Å². The number of nitrogens with one attached hydrogen (secondary N) is 1. The van der Waals surface area contributed by atoms with Crippen molar-refractivity contribution in [3.05, 3.63) is 22.0 Å². The summed E-state index contributed by atoms with van der Waals surface area (Å²) in [6, 6.07) is 0.406. The lowest BCUT2D eigenvalue weighted by Gasteiger charge is -2.46. The molecule has 0 aliphatic carbocycles. The first-order valence-corrected chi connectivity index (χ1v) is 8.66. The summed E-state index contributed by atoms with van der Waals surface area (Å²) >= 11 is 0. The number of fused-ring (bicyclic) bond motifs is 2. The molecule has 0 saturated carbocycles. The predicted molar refractivity (Wildman–Crippen MR) is 95.8 cm³/mol. The highest BCUT2D eigenvalue weighted by atomic mass is 19.1. The van der Waals surface area contributed by atoms with Gasteiger partial charge < -0.3 is 15.1 Å². The number of nitrogens with zero attached hydrogens (tertiary/aromatic N) is 5. The molecule has 4 rings (SSSR count). The van der Waals surface area contributed by atoms with Crippen LogP contribution in [0.5, 0.6) is 0 Å². The predicted octanol–water partition coefficient (Wildman–Crippen LogP) is 1.10. The van der Waals surface area contributed by atoms with Crippen molar-refractivity contribution in [3.63, 3.8) is 0 Å². The van der Waals surface area contributed by atoms with Gasteiger partial charge in [0.1, 0.15) is 11.5 Å². The molecule has 0 spiro atoms. The third-order valence-corrected chi connectivity index (χ3v) is 5.30. The number of rotatable bonds is 0. The van der Waals surface area contributed by atoms with Crippen molar-refractivity contribution in [3.8, 4) is 0 Å². The molecule has 0 amide bonds. The lowest BCUT2D eigenvalue weighted by Crippen LogP contribution is -2.58. The Labute approximate surface area is 145 Å². The molecule has 25 heavy (non-hydrogen) atoms. The maximum absolute atomic E-state index is 14.8. The van der Waals surface area contributed by atoms with E-state index in [1.165, 1.54) is 4.57 Å². The topological polar surface area (TPSA) is 66.3 Å². The standard InChI is InChI=1S/C17H23FN6O/c1-9-7-22(3)8-11-5-6-19-14-12-15(20-10(2)13(14)18)23(4)17(25)21-16(12)24(9)11/h9,11,19H,5-8H2,1-4H3. The number of aryl methyl sites for hydroxylation is 2. The Hall–Kier alpha value is -2.22. The number of likely N-dealkylation sites (N-methyl/N-ethyl adjacent to an activating group) is 1.